The van der Waals surface area contributed by atoms with Crippen LogP contribution in [-0.2, 0) is 11.2 Å². The SMILES string of the molecule is CC(C)(C)NCCC(=O)Cc1ccsc1. The highest BCUT2D eigenvalue weighted by Gasteiger charge is 2.09. The molecule has 0 atom stereocenters. The summed E-state index contributed by atoms with van der Waals surface area (Å²) in [6.45, 7) is 7.09. The zero-order chi connectivity index (χ0) is 11.3. The molecule has 2 nitrogen and oxygen atoms in total. The first-order valence-corrected chi connectivity index (χ1v) is 6.19. The fraction of sp³-hybridized carbons (Fsp3) is 0.583. The van der Waals surface area contributed by atoms with Crippen LogP contribution in [0.15, 0.2) is 16.8 Å². The standard InChI is InChI=1S/C12H19NOS/c1-12(2,3)13-6-4-11(14)8-10-5-7-15-9-10/h5,7,9,13H,4,6,8H2,1-3H3. The molecule has 15 heavy (non-hydrogen) atoms. The topological polar surface area (TPSA) is 29.1 Å². The normalized spacial score (nSPS) is 11.7. The van der Waals surface area contributed by atoms with Crippen molar-refractivity contribution in [3.05, 3.63) is 22.4 Å². The third-order valence-electron chi connectivity index (χ3n) is 2.04. The van der Waals surface area contributed by atoms with Gasteiger partial charge < -0.3 is 5.32 Å². The van der Waals surface area contributed by atoms with E-state index < -0.39 is 0 Å². The smallest absolute Gasteiger partial charge is 0.138 e. The minimum absolute atomic E-state index is 0.0999. The van der Waals surface area contributed by atoms with Gasteiger partial charge in [-0.05, 0) is 43.2 Å². The Labute approximate surface area is 95.7 Å². The van der Waals surface area contributed by atoms with Crippen LogP contribution in [0.3, 0.4) is 0 Å². The van der Waals surface area contributed by atoms with E-state index in [4.69, 9.17) is 0 Å². The van der Waals surface area contributed by atoms with Gasteiger partial charge in [-0.25, -0.2) is 0 Å². The highest BCUT2D eigenvalue weighted by atomic mass is 32.1. The van der Waals surface area contributed by atoms with Gasteiger partial charge in [-0.3, -0.25) is 4.79 Å². The minimum atomic E-state index is 0.0999. The second-order valence-electron chi connectivity index (χ2n) is 4.77. The van der Waals surface area contributed by atoms with Gasteiger partial charge in [-0.15, -0.1) is 0 Å². The fourth-order valence-electron chi connectivity index (χ4n) is 1.29. The number of rotatable bonds is 5. The van der Waals surface area contributed by atoms with Gasteiger partial charge in [0.05, 0.1) is 0 Å². The molecule has 3 heteroatoms. The number of hydrogen-bond donors (Lipinski definition) is 1. The van der Waals surface area contributed by atoms with E-state index in [-0.39, 0.29) is 5.54 Å². The van der Waals surface area contributed by atoms with Gasteiger partial charge in [0.15, 0.2) is 0 Å². The van der Waals surface area contributed by atoms with Crippen molar-refractivity contribution in [2.45, 2.75) is 39.2 Å². The van der Waals surface area contributed by atoms with Crippen molar-refractivity contribution in [3.8, 4) is 0 Å². The maximum atomic E-state index is 11.6. The first kappa shape index (κ1) is 12.4. The molecule has 0 aliphatic rings. The summed E-state index contributed by atoms with van der Waals surface area (Å²) in [5.41, 5.74) is 1.24. The molecular formula is C12H19NOS. The van der Waals surface area contributed by atoms with Gasteiger partial charge >= 0.3 is 0 Å². The quantitative estimate of drug-likeness (QED) is 0.834. The molecule has 0 saturated heterocycles. The van der Waals surface area contributed by atoms with E-state index in [1.54, 1.807) is 11.3 Å². The molecule has 1 heterocycles. The molecule has 1 rings (SSSR count). The minimum Gasteiger partial charge on any atom is -0.312 e. The lowest BCUT2D eigenvalue weighted by Crippen LogP contribution is -2.37. The van der Waals surface area contributed by atoms with Crippen LogP contribution in [-0.4, -0.2) is 17.9 Å². The van der Waals surface area contributed by atoms with Gasteiger partial charge in [-0.2, -0.15) is 11.3 Å². The summed E-state index contributed by atoms with van der Waals surface area (Å²) in [5.74, 6) is 0.310. The Morgan fingerprint density at radius 2 is 2.20 bits per heavy atom. The van der Waals surface area contributed by atoms with Gasteiger partial charge in [0.1, 0.15) is 5.78 Å². The molecule has 0 aliphatic carbocycles. The zero-order valence-electron chi connectivity index (χ0n) is 9.67. The van der Waals surface area contributed by atoms with Crippen molar-refractivity contribution in [2.75, 3.05) is 6.54 Å². The first-order valence-electron chi connectivity index (χ1n) is 5.25. The second-order valence-corrected chi connectivity index (χ2v) is 5.55. The van der Waals surface area contributed by atoms with E-state index in [9.17, 15) is 4.79 Å². The maximum absolute atomic E-state index is 11.6. The molecule has 0 bridgehead atoms. The highest BCUT2D eigenvalue weighted by molar-refractivity contribution is 7.07. The number of Topliss-reactive ketones (excluding diaryl/α,β-unsaturated/α-hetero) is 1. The molecule has 1 N–H and O–H groups in total. The molecule has 0 aliphatic heterocycles. The predicted molar refractivity (Wildman–Crippen MR) is 65.4 cm³/mol. The van der Waals surface area contributed by atoms with E-state index in [1.165, 1.54) is 0 Å². The van der Waals surface area contributed by atoms with Gasteiger partial charge in [-0.1, -0.05) is 0 Å². The third-order valence-corrected chi connectivity index (χ3v) is 2.77. The van der Waals surface area contributed by atoms with Crippen molar-refractivity contribution in [3.63, 3.8) is 0 Å². The molecule has 0 unspecified atom stereocenters. The van der Waals surface area contributed by atoms with Crippen LogP contribution < -0.4 is 5.32 Å². The maximum Gasteiger partial charge on any atom is 0.138 e. The predicted octanol–water partition coefficient (Wildman–Crippen LogP) is 2.64. The summed E-state index contributed by atoms with van der Waals surface area (Å²) >= 11 is 1.64. The van der Waals surface area contributed by atoms with Crippen LogP contribution >= 0.6 is 11.3 Å². The average molecular weight is 225 g/mol. The molecule has 1 aromatic rings. The Bertz CT molecular complexity index is 298. The van der Waals surface area contributed by atoms with Crippen molar-refractivity contribution < 1.29 is 4.79 Å². The van der Waals surface area contributed by atoms with Crippen LogP contribution in [0.5, 0.6) is 0 Å². The largest absolute Gasteiger partial charge is 0.312 e. The number of carbonyl (C=O) groups is 1. The molecule has 0 spiro atoms. The molecule has 1 aromatic heterocycles. The molecule has 0 aromatic carbocycles. The summed E-state index contributed by atoms with van der Waals surface area (Å²) in [6.07, 6.45) is 1.20. The molecule has 0 amide bonds. The van der Waals surface area contributed by atoms with Crippen LogP contribution in [0.2, 0.25) is 0 Å². The van der Waals surface area contributed by atoms with Crippen LogP contribution in [0.1, 0.15) is 32.8 Å². The van der Waals surface area contributed by atoms with Crippen LogP contribution in [0, 0.1) is 0 Å². The second kappa shape index (κ2) is 5.42. The van der Waals surface area contributed by atoms with E-state index in [0.717, 1.165) is 12.1 Å². The Morgan fingerprint density at radius 3 is 2.73 bits per heavy atom. The van der Waals surface area contributed by atoms with Crippen LogP contribution in [0.25, 0.3) is 0 Å². The number of carbonyl (C=O) groups excluding carboxylic acids is 1. The lowest BCUT2D eigenvalue weighted by atomic mass is 10.1. The molecule has 0 saturated carbocycles. The summed E-state index contributed by atoms with van der Waals surface area (Å²) in [7, 11) is 0. The number of hydrogen-bond acceptors (Lipinski definition) is 3. The zero-order valence-corrected chi connectivity index (χ0v) is 10.5. The Hall–Kier alpha value is -0.670. The monoisotopic (exact) mass is 225 g/mol. The van der Waals surface area contributed by atoms with Crippen molar-refractivity contribution in [1.29, 1.82) is 0 Å². The Morgan fingerprint density at radius 1 is 1.47 bits per heavy atom. The van der Waals surface area contributed by atoms with E-state index in [1.807, 2.05) is 16.8 Å². The van der Waals surface area contributed by atoms with E-state index in [2.05, 4.69) is 26.1 Å². The van der Waals surface area contributed by atoms with Crippen molar-refractivity contribution in [2.24, 2.45) is 0 Å². The number of ketones is 1. The van der Waals surface area contributed by atoms with E-state index in [0.29, 0.717) is 18.6 Å². The number of nitrogens with one attached hydrogen (secondary N) is 1. The summed E-state index contributed by atoms with van der Waals surface area (Å²) in [4.78, 5) is 11.6. The Balaban J connectivity index is 2.20. The summed E-state index contributed by atoms with van der Waals surface area (Å²) < 4.78 is 0. The van der Waals surface area contributed by atoms with Gasteiger partial charge in [0, 0.05) is 24.9 Å². The molecule has 0 fully saturated rings. The first-order chi connectivity index (χ1) is 6.97. The number of thiophene rings is 1. The highest BCUT2D eigenvalue weighted by Crippen LogP contribution is 2.08. The molecule has 0 radical (unpaired) electrons. The molecular weight excluding hydrogens is 206 g/mol. The lowest BCUT2D eigenvalue weighted by Gasteiger charge is -2.19. The van der Waals surface area contributed by atoms with Crippen molar-refractivity contribution >= 4 is 17.1 Å². The summed E-state index contributed by atoms with van der Waals surface area (Å²) in [6, 6.07) is 2.01. The Kier molecular flexibility index (Phi) is 4.48. The van der Waals surface area contributed by atoms with Gasteiger partial charge in [0.2, 0.25) is 0 Å². The van der Waals surface area contributed by atoms with Crippen LogP contribution in [0.4, 0.5) is 0 Å². The van der Waals surface area contributed by atoms with E-state index >= 15 is 0 Å². The summed E-state index contributed by atoms with van der Waals surface area (Å²) in [5, 5.41) is 7.36. The average Bonchev–Trinajstić information content (AvgIpc) is 2.54. The fourth-order valence-corrected chi connectivity index (χ4v) is 1.95. The molecule has 84 valence electrons. The van der Waals surface area contributed by atoms with Gasteiger partial charge in [0.25, 0.3) is 0 Å². The lowest BCUT2D eigenvalue weighted by molar-refractivity contribution is -0.118. The third kappa shape index (κ3) is 5.70. The van der Waals surface area contributed by atoms with Crippen molar-refractivity contribution in [1.82, 2.24) is 5.32 Å².